The monoisotopic (exact) mass is 438 g/mol. The number of sulfone groups is 1. The van der Waals surface area contributed by atoms with Gasteiger partial charge < -0.3 is 4.90 Å². The van der Waals surface area contributed by atoms with Crippen LogP contribution >= 0.6 is 0 Å². The molecule has 0 saturated carbocycles. The van der Waals surface area contributed by atoms with Crippen molar-refractivity contribution in [3.8, 4) is 6.07 Å². The van der Waals surface area contributed by atoms with Crippen molar-refractivity contribution >= 4 is 21.4 Å². The third kappa shape index (κ3) is 5.13. The van der Waals surface area contributed by atoms with E-state index in [1.165, 1.54) is 24.3 Å². The van der Waals surface area contributed by atoms with Gasteiger partial charge in [0.05, 0.1) is 29.3 Å². The van der Waals surface area contributed by atoms with E-state index in [2.05, 4.69) is 10.2 Å². The second-order valence-electron chi connectivity index (χ2n) is 6.92. The van der Waals surface area contributed by atoms with Crippen molar-refractivity contribution in [2.45, 2.75) is 25.6 Å². The molecule has 0 aliphatic carbocycles. The summed E-state index contributed by atoms with van der Waals surface area (Å²) in [6.07, 6.45) is -4.37. The van der Waals surface area contributed by atoms with E-state index in [-0.39, 0.29) is 48.0 Å². The number of carbonyl (C=O) groups excluding carboxylic acids is 1. The summed E-state index contributed by atoms with van der Waals surface area (Å²) in [5.74, 6) is -1.39. The Hall–Kier alpha value is -3.00. The Morgan fingerprint density at radius 3 is 2.43 bits per heavy atom. The van der Waals surface area contributed by atoms with Gasteiger partial charge in [0.15, 0.2) is 5.69 Å². The Bertz CT molecular complexity index is 1070. The quantitative estimate of drug-likeness (QED) is 0.727. The van der Waals surface area contributed by atoms with Crippen molar-refractivity contribution in [3.63, 3.8) is 0 Å². The van der Waals surface area contributed by atoms with Crippen molar-refractivity contribution in [1.82, 2.24) is 10.2 Å². The van der Waals surface area contributed by atoms with Gasteiger partial charge in [0, 0.05) is 11.6 Å². The number of rotatable bonds is 4. The number of hydrogen-bond acceptors (Lipinski definition) is 6. The number of alkyl halides is 3. The van der Waals surface area contributed by atoms with Crippen LogP contribution in [-0.2, 0) is 27.4 Å². The third-order valence-corrected chi connectivity index (χ3v) is 6.52. The lowest BCUT2D eigenvalue weighted by atomic mass is 10.00. The highest BCUT2D eigenvalue weighted by Crippen LogP contribution is 2.33. The molecule has 1 aliphatic rings. The fraction of sp³-hybridized carbons (Fsp3) is 0.368. The fourth-order valence-corrected chi connectivity index (χ4v) is 4.66. The molecule has 2 aromatic rings. The highest BCUT2D eigenvalue weighted by atomic mass is 32.2. The fourth-order valence-electron chi connectivity index (χ4n) is 3.17. The molecule has 0 atom stereocenters. The minimum Gasteiger partial charge on any atom is -0.306 e. The van der Waals surface area contributed by atoms with Crippen LogP contribution in [-0.4, -0.2) is 36.0 Å². The van der Waals surface area contributed by atoms with E-state index >= 15 is 0 Å². The Balaban J connectivity index is 1.94. The number of nitriles is 1. The van der Waals surface area contributed by atoms with Crippen LogP contribution in [0, 0.1) is 17.2 Å². The smallest absolute Gasteiger partial charge is 0.306 e. The molecule has 1 fully saturated rings. The molecular formula is C19H17F3N4O3S. The first-order valence-corrected chi connectivity index (χ1v) is 10.8. The normalized spacial score (nSPS) is 16.6. The number of carbonyl (C=O) groups is 1. The molecule has 1 aliphatic heterocycles. The molecule has 1 saturated heterocycles. The molecule has 7 nitrogen and oxygen atoms in total. The number of benzene rings is 1. The van der Waals surface area contributed by atoms with Crippen molar-refractivity contribution in [2.75, 3.05) is 16.4 Å². The Labute approximate surface area is 171 Å². The average molecular weight is 438 g/mol. The first-order valence-electron chi connectivity index (χ1n) is 9.01. The lowest BCUT2D eigenvalue weighted by Crippen LogP contribution is -2.39. The van der Waals surface area contributed by atoms with Crippen LogP contribution in [0.25, 0.3) is 0 Å². The lowest BCUT2D eigenvalue weighted by Gasteiger charge is -2.29. The van der Waals surface area contributed by atoms with Crippen molar-refractivity contribution in [1.29, 1.82) is 5.26 Å². The summed E-state index contributed by atoms with van der Waals surface area (Å²) in [5.41, 5.74) is -0.541. The number of halogens is 3. The standard InChI is InChI=1S/C19H17F3N4O3S/c20-19(21,22)14-2-1-3-17(10-14)26(12-16-5-4-15(11-23)24-25-16)18(27)13-6-8-30(28,29)9-7-13/h1-5,10,13H,6-9,12H2. The van der Waals surface area contributed by atoms with Gasteiger partial charge in [-0.15, -0.1) is 5.10 Å². The van der Waals surface area contributed by atoms with Crippen LogP contribution in [0.2, 0.25) is 0 Å². The van der Waals surface area contributed by atoms with E-state index in [0.717, 1.165) is 17.0 Å². The number of hydrogen-bond donors (Lipinski definition) is 0. The van der Waals surface area contributed by atoms with Gasteiger partial charge in [-0.25, -0.2) is 8.42 Å². The summed E-state index contributed by atoms with van der Waals surface area (Å²) in [7, 11) is -3.20. The number of nitrogens with zero attached hydrogens (tertiary/aromatic N) is 4. The molecule has 2 heterocycles. The van der Waals surface area contributed by atoms with Crippen LogP contribution in [0.3, 0.4) is 0 Å². The summed E-state index contributed by atoms with van der Waals surface area (Å²) in [6.45, 7) is -0.165. The molecule has 0 bridgehead atoms. The highest BCUT2D eigenvalue weighted by Gasteiger charge is 2.34. The van der Waals surface area contributed by atoms with Crippen molar-refractivity contribution < 1.29 is 26.4 Å². The van der Waals surface area contributed by atoms with Gasteiger partial charge in [-0.3, -0.25) is 4.79 Å². The maximum Gasteiger partial charge on any atom is 0.416 e. The number of anilines is 1. The predicted molar refractivity (Wildman–Crippen MR) is 101 cm³/mol. The van der Waals surface area contributed by atoms with E-state index in [1.807, 2.05) is 6.07 Å². The minimum absolute atomic E-state index is 0.0226. The molecule has 3 rings (SSSR count). The van der Waals surface area contributed by atoms with E-state index in [9.17, 15) is 26.4 Å². The molecule has 11 heteroatoms. The summed E-state index contributed by atoms with van der Waals surface area (Å²) in [6, 6.07) is 9.02. The zero-order valence-electron chi connectivity index (χ0n) is 15.6. The van der Waals surface area contributed by atoms with Crippen LogP contribution in [0.5, 0.6) is 0 Å². The molecule has 158 valence electrons. The molecule has 0 unspecified atom stereocenters. The zero-order valence-corrected chi connectivity index (χ0v) is 16.4. The molecule has 0 N–H and O–H groups in total. The minimum atomic E-state index is -4.59. The number of aromatic nitrogens is 2. The van der Waals surface area contributed by atoms with Gasteiger partial charge in [0.2, 0.25) is 5.91 Å². The van der Waals surface area contributed by atoms with Gasteiger partial charge in [-0.05, 0) is 43.2 Å². The van der Waals surface area contributed by atoms with Crippen LogP contribution in [0.15, 0.2) is 36.4 Å². The van der Waals surface area contributed by atoms with Crippen LogP contribution in [0.1, 0.15) is 29.8 Å². The molecule has 0 radical (unpaired) electrons. The van der Waals surface area contributed by atoms with Crippen molar-refractivity contribution in [2.24, 2.45) is 5.92 Å². The molecule has 1 aromatic heterocycles. The van der Waals surface area contributed by atoms with Gasteiger partial charge in [0.1, 0.15) is 15.9 Å². The average Bonchev–Trinajstić information content (AvgIpc) is 2.71. The van der Waals surface area contributed by atoms with Crippen molar-refractivity contribution in [3.05, 3.63) is 53.3 Å². The summed E-state index contributed by atoms with van der Waals surface area (Å²) in [5, 5.41) is 16.4. The Morgan fingerprint density at radius 1 is 1.17 bits per heavy atom. The first kappa shape index (κ1) is 21.7. The van der Waals surface area contributed by atoms with Crippen LogP contribution < -0.4 is 4.90 Å². The molecule has 1 amide bonds. The SMILES string of the molecule is N#Cc1ccc(CN(C(=O)C2CCS(=O)(=O)CC2)c2cccc(C(F)(F)F)c2)nn1. The highest BCUT2D eigenvalue weighted by molar-refractivity contribution is 7.91. The third-order valence-electron chi connectivity index (χ3n) is 4.81. The Morgan fingerprint density at radius 2 is 1.87 bits per heavy atom. The Kier molecular flexibility index (Phi) is 6.07. The largest absolute Gasteiger partial charge is 0.416 e. The topological polar surface area (TPSA) is 104 Å². The number of amides is 1. The second-order valence-corrected chi connectivity index (χ2v) is 9.22. The lowest BCUT2D eigenvalue weighted by molar-refractivity contribution is -0.137. The first-order chi connectivity index (χ1) is 14.1. The van der Waals surface area contributed by atoms with Gasteiger partial charge in [-0.2, -0.15) is 23.5 Å². The van der Waals surface area contributed by atoms with E-state index in [0.29, 0.717) is 0 Å². The molecular weight excluding hydrogens is 421 g/mol. The van der Waals surface area contributed by atoms with Crippen LogP contribution in [0.4, 0.5) is 18.9 Å². The molecule has 0 spiro atoms. The van der Waals surface area contributed by atoms with E-state index in [1.54, 1.807) is 0 Å². The zero-order chi connectivity index (χ0) is 21.9. The summed E-state index contributed by atoms with van der Waals surface area (Å²) >= 11 is 0. The van der Waals surface area contributed by atoms with E-state index in [4.69, 9.17) is 5.26 Å². The van der Waals surface area contributed by atoms with Gasteiger partial charge >= 0.3 is 6.18 Å². The maximum absolute atomic E-state index is 13.2. The van der Waals surface area contributed by atoms with Gasteiger partial charge in [0.25, 0.3) is 0 Å². The van der Waals surface area contributed by atoms with E-state index < -0.39 is 33.4 Å². The predicted octanol–water partition coefficient (Wildman–Crippen LogP) is 2.73. The maximum atomic E-state index is 13.2. The second kappa shape index (κ2) is 8.39. The molecule has 30 heavy (non-hydrogen) atoms. The van der Waals surface area contributed by atoms with Gasteiger partial charge in [-0.1, -0.05) is 6.07 Å². The summed E-state index contributed by atoms with van der Waals surface area (Å²) < 4.78 is 62.8. The summed E-state index contributed by atoms with van der Waals surface area (Å²) in [4.78, 5) is 14.3. The molecule has 1 aromatic carbocycles.